The van der Waals surface area contributed by atoms with Crippen molar-refractivity contribution in [2.75, 3.05) is 31.8 Å². The topological polar surface area (TPSA) is 94.2 Å². The van der Waals surface area contributed by atoms with Gasteiger partial charge >= 0.3 is 5.97 Å². The van der Waals surface area contributed by atoms with E-state index in [-0.39, 0.29) is 11.9 Å². The lowest BCUT2D eigenvalue weighted by molar-refractivity contribution is 0.0600. The minimum absolute atomic E-state index is 0.224. The summed E-state index contributed by atoms with van der Waals surface area (Å²) in [6.07, 6.45) is 0. The van der Waals surface area contributed by atoms with Crippen LogP contribution >= 0.6 is 11.8 Å². The lowest BCUT2D eigenvalue weighted by Crippen LogP contribution is -2.15. The van der Waals surface area contributed by atoms with Gasteiger partial charge in [-0.05, 0) is 17.7 Å². The van der Waals surface area contributed by atoms with Gasteiger partial charge in [0.1, 0.15) is 5.82 Å². The molecule has 1 heterocycles. The van der Waals surface area contributed by atoms with Gasteiger partial charge in [0.2, 0.25) is 11.9 Å². The van der Waals surface area contributed by atoms with Gasteiger partial charge in [0.15, 0.2) is 0 Å². The summed E-state index contributed by atoms with van der Waals surface area (Å²) in [6.45, 7) is 0. The van der Waals surface area contributed by atoms with Crippen LogP contribution in [0, 0.1) is 0 Å². The van der Waals surface area contributed by atoms with E-state index >= 15 is 0 Å². The van der Waals surface area contributed by atoms with E-state index in [0.717, 1.165) is 11.3 Å². The fraction of sp³-hybridized carbons (Fsp3) is 0.333. The fourth-order valence-electron chi connectivity index (χ4n) is 1.80. The van der Waals surface area contributed by atoms with Gasteiger partial charge < -0.3 is 15.4 Å². The molecule has 2 aromatic rings. The van der Waals surface area contributed by atoms with Crippen molar-refractivity contribution in [1.29, 1.82) is 0 Å². The zero-order valence-corrected chi connectivity index (χ0v) is 14.1. The van der Waals surface area contributed by atoms with Crippen molar-refractivity contribution in [3.05, 3.63) is 41.2 Å². The van der Waals surface area contributed by atoms with Gasteiger partial charge in [-0.15, -0.1) is 11.8 Å². The van der Waals surface area contributed by atoms with Crippen LogP contribution in [0.1, 0.15) is 21.7 Å². The second-order valence-corrected chi connectivity index (χ2v) is 5.97. The maximum absolute atomic E-state index is 11.4. The number of rotatable bonds is 6. The molecule has 0 aliphatic rings. The predicted molar refractivity (Wildman–Crippen MR) is 91.3 cm³/mol. The molecular weight excluding hydrogens is 314 g/mol. The summed E-state index contributed by atoms with van der Waals surface area (Å²) in [6, 6.07) is 7.33. The zero-order valence-electron chi connectivity index (χ0n) is 13.3. The van der Waals surface area contributed by atoms with Gasteiger partial charge in [-0.25, -0.2) is 4.79 Å². The Kier molecular flexibility index (Phi) is 5.75. The van der Waals surface area contributed by atoms with E-state index in [4.69, 9.17) is 5.73 Å². The SMILES string of the molecule is COC(=O)c1ccc(CSCc2nc(N)nc(N(C)C)n2)cc1. The molecule has 0 spiro atoms. The number of hydrogen-bond acceptors (Lipinski definition) is 8. The van der Waals surface area contributed by atoms with Crippen LogP contribution in [0.15, 0.2) is 24.3 Å². The Hall–Kier alpha value is -2.35. The van der Waals surface area contributed by atoms with Crippen LogP contribution in [0.3, 0.4) is 0 Å². The predicted octanol–water partition coefficient (Wildman–Crippen LogP) is 1.74. The first kappa shape index (κ1) is 17.0. The van der Waals surface area contributed by atoms with Gasteiger partial charge in [0.25, 0.3) is 0 Å². The van der Waals surface area contributed by atoms with Crippen LogP contribution in [0.4, 0.5) is 11.9 Å². The maximum atomic E-state index is 11.4. The van der Waals surface area contributed by atoms with E-state index < -0.39 is 0 Å². The summed E-state index contributed by atoms with van der Waals surface area (Å²) < 4.78 is 4.67. The smallest absolute Gasteiger partial charge is 0.337 e. The lowest BCUT2D eigenvalue weighted by atomic mass is 10.1. The summed E-state index contributed by atoms with van der Waals surface area (Å²) in [7, 11) is 5.08. The number of nitrogens with two attached hydrogens (primary N) is 1. The van der Waals surface area contributed by atoms with Gasteiger partial charge in [-0.2, -0.15) is 15.0 Å². The second-order valence-electron chi connectivity index (χ2n) is 4.99. The highest BCUT2D eigenvalue weighted by Crippen LogP contribution is 2.18. The third-order valence-electron chi connectivity index (χ3n) is 2.96. The van der Waals surface area contributed by atoms with Crippen LogP contribution in [0.5, 0.6) is 0 Å². The Morgan fingerprint density at radius 1 is 1.17 bits per heavy atom. The molecule has 0 saturated heterocycles. The first-order valence-corrected chi connectivity index (χ1v) is 8.08. The van der Waals surface area contributed by atoms with Crippen LogP contribution in [0.25, 0.3) is 0 Å². The monoisotopic (exact) mass is 333 g/mol. The average molecular weight is 333 g/mol. The van der Waals surface area contributed by atoms with E-state index in [9.17, 15) is 4.79 Å². The van der Waals surface area contributed by atoms with Crippen molar-refractivity contribution >= 4 is 29.6 Å². The number of nitrogens with zero attached hydrogens (tertiary/aromatic N) is 4. The van der Waals surface area contributed by atoms with Crippen molar-refractivity contribution in [2.24, 2.45) is 0 Å². The molecule has 0 unspecified atom stereocenters. The fourth-order valence-corrected chi connectivity index (χ4v) is 2.65. The van der Waals surface area contributed by atoms with Gasteiger partial charge in [0.05, 0.1) is 18.4 Å². The summed E-state index contributed by atoms with van der Waals surface area (Å²) in [4.78, 5) is 25.7. The molecule has 2 rings (SSSR count). The van der Waals surface area contributed by atoms with Crippen molar-refractivity contribution < 1.29 is 9.53 Å². The Morgan fingerprint density at radius 2 is 1.87 bits per heavy atom. The summed E-state index contributed by atoms with van der Waals surface area (Å²) in [5.74, 6) is 2.51. The summed E-state index contributed by atoms with van der Waals surface area (Å²) in [5.41, 5.74) is 7.35. The molecule has 0 atom stereocenters. The number of thioether (sulfide) groups is 1. The quantitative estimate of drug-likeness (QED) is 0.799. The largest absolute Gasteiger partial charge is 0.465 e. The third-order valence-corrected chi connectivity index (χ3v) is 3.96. The average Bonchev–Trinajstić information content (AvgIpc) is 2.54. The zero-order chi connectivity index (χ0) is 16.8. The molecule has 0 bridgehead atoms. The number of hydrogen-bond donors (Lipinski definition) is 1. The van der Waals surface area contributed by atoms with Crippen LogP contribution in [-0.2, 0) is 16.2 Å². The Bertz CT molecular complexity index is 676. The molecule has 7 nitrogen and oxygen atoms in total. The molecule has 2 N–H and O–H groups in total. The number of nitrogen functional groups attached to an aromatic ring is 1. The van der Waals surface area contributed by atoms with E-state index in [2.05, 4.69) is 19.7 Å². The number of aromatic nitrogens is 3. The molecule has 0 amide bonds. The number of carbonyl (C=O) groups excluding carboxylic acids is 1. The minimum atomic E-state index is -0.332. The van der Waals surface area contributed by atoms with Gasteiger partial charge in [-0.3, -0.25) is 0 Å². The van der Waals surface area contributed by atoms with Crippen molar-refractivity contribution in [1.82, 2.24) is 15.0 Å². The number of esters is 1. The molecule has 1 aromatic heterocycles. The third kappa shape index (κ3) is 4.82. The number of ether oxygens (including phenoxy) is 1. The van der Waals surface area contributed by atoms with Gasteiger partial charge in [-0.1, -0.05) is 12.1 Å². The highest BCUT2D eigenvalue weighted by molar-refractivity contribution is 7.97. The maximum Gasteiger partial charge on any atom is 0.337 e. The first-order valence-electron chi connectivity index (χ1n) is 6.92. The number of anilines is 2. The highest BCUT2D eigenvalue weighted by Gasteiger charge is 2.07. The Balaban J connectivity index is 1.93. The van der Waals surface area contributed by atoms with Crippen LogP contribution < -0.4 is 10.6 Å². The van der Waals surface area contributed by atoms with Crippen LogP contribution in [-0.4, -0.2) is 42.1 Å². The lowest BCUT2D eigenvalue weighted by Gasteiger charge is -2.11. The van der Waals surface area contributed by atoms with E-state index in [1.165, 1.54) is 7.11 Å². The molecule has 0 saturated carbocycles. The summed E-state index contributed by atoms with van der Waals surface area (Å²) >= 11 is 1.67. The van der Waals surface area contributed by atoms with E-state index in [0.29, 0.717) is 23.1 Å². The molecule has 0 radical (unpaired) electrons. The van der Waals surface area contributed by atoms with Gasteiger partial charge in [0, 0.05) is 19.8 Å². The number of benzene rings is 1. The Morgan fingerprint density at radius 3 is 2.48 bits per heavy atom. The standard InChI is InChI=1S/C15H19N5O2S/c1-20(2)15-18-12(17-14(16)19-15)9-23-8-10-4-6-11(7-5-10)13(21)22-3/h4-7H,8-9H2,1-3H3,(H2,16,17,18,19). The van der Waals surface area contributed by atoms with E-state index in [1.54, 1.807) is 28.8 Å². The van der Waals surface area contributed by atoms with Crippen molar-refractivity contribution in [3.63, 3.8) is 0 Å². The number of carbonyl (C=O) groups is 1. The molecule has 8 heteroatoms. The Labute approximate surface area is 139 Å². The molecule has 0 aliphatic carbocycles. The normalized spacial score (nSPS) is 10.4. The van der Waals surface area contributed by atoms with Crippen LogP contribution in [0.2, 0.25) is 0 Å². The highest BCUT2D eigenvalue weighted by atomic mass is 32.2. The van der Waals surface area contributed by atoms with Crippen molar-refractivity contribution in [3.8, 4) is 0 Å². The van der Waals surface area contributed by atoms with E-state index in [1.807, 2.05) is 26.2 Å². The molecule has 0 fully saturated rings. The molecule has 23 heavy (non-hydrogen) atoms. The minimum Gasteiger partial charge on any atom is -0.465 e. The number of methoxy groups -OCH3 is 1. The molecular formula is C15H19N5O2S. The molecule has 122 valence electrons. The first-order chi connectivity index (χ1) is 11.0. The molecule has 0 aliphatic heterocycles. The molecule has 1 aromatic carbocycles. The van der Waals surface area contributed by atoms with Crippen molar-refractivity contribution in [2.45, 2.75) is 11.5 Å². The summed E-state index contributed by atoms with van der Waals surface area (Å²) in [5, 5.41) is 0. The second kappa shape index (κ2) is 7.77.